The van der Waals surface area contributed by atoms with Gasteiger partial charge in [-0.2, -0.15) is 0 Å². The second kappa shape index (κ2) is 8.20. The quantitative estimate of drug-likeness (QED) is 0.829. The number of hydrogen-bond donors (Lipinski definition) is 2. The Balaban J connectivity index is 1.78. The summed E-state index contributed by atoms with van der Waals surface area (Å²) in [4.78, 5) is 23.8. The van der Waals surface area contributed by atoms with Crippen LogP contribution in [-0.2, 0) is 9.59 Å². The number of hydrogen-bond acceptors (Lipinski definition) is 3. The predicted molar refractivity (Wildman–Crippen MR) is 89.3 cm³/mol. The molecule has 6 heteroatoms. The zero-order valence-electron chi connectivity index (χ0n) is 13.6. The van der Waals surface area contributed by atoms with E-state index in [1.165, 1.54) is 6.42 Å². The molecule has 0 atom stereocenters. The van der Waals surface area contributed by atoms with Crippen molar-refractivity contribution in [3.8, 4) is 5.75 Å². The summed E-state index contributed by atoms with van der Waals surface area (Å²) in [5.74, 6) is 0.147. The Bertz CT molecular complexity index is 560. The predicted octanol–water partition coefficient (Wildman–Crippen LogP) is 3.06. The average Bonchev–Trinajstić information content (AvgIpc) is 2.52. The van der Waals surface area contributed by atoms with Crippen LogP contribution in [0, 0.1) is 19.8 Å². The monoisotopic (exact) mass is 338 g/mol. The van der Waals surface area contributed by atoms with E-state index in [9.17, 15) is 9.59 Å². The summed E-state index contributed by atoms with van der Waals surface area (Å²) in [6.07, 6.45) is 5.11. The van der Waals surface area contributed by atoms with Gasteiger partial charge in [0.05, 0.1) is 0 Å². The van der Waals surface area contributed by atoms with Gasteiger partial charge >= 0.3 is 0 Å². The molecule has 0 aliphatic heterocycles. The number of rotatable bonds is 4. The van der Waals surface area contributed by atoms with E-state index in [4.69, 9.17) is 16.3 Å². The van der Waals surface area contributed by atoms with Crippen LogP contribution in [0.4, 0.5) is 0 Å². The molecule has 2 N–H and O–H groups in total. The fourth-order valence-electron chi connectivity index (χ4n) is 2.90. The zero-order valence-corrected chi connectivity index (χ0v) is 14.3. The lowest BCUT2D eigenvalue weighted by atomic mass is 9.89. The van der Waals surface area contributed by atoms with Crippen molar-refractivity contribution >= 4 is 23.4 Å². The number of amides is 2. The lowest BCUT2D eigenvalue weighted by molar-refractivity contribution is -0.132. The van der Waals surface area contributed by atoms with Gasteiger partial charge in [0.25, 0.3) is 5.91 Å². The summed E-state index contributed by atoms with van der Waals surface area (Å²) in [6, 6.07) is 3.57. The Hall–Kier alpha value is -1.75. The molecular weight excluding hydrogens is 316 g/mol. The van der Waals surface area contributed by atoms with Crippen LogP contribution in [0.25, 0.3) is 0 Å². The van der Waals surface area contributed by atoms with E-state index in [2.05, 4.69) is 10.9 Å². The molecule has 1 aliphatic rings. The summed E-state index contributed by atoms with van der Waals surface area (Å²) in [5.41, 5.74) is 6.64. The molecule has 2 amide bonds. The van der Waals surface area contributed by atoms with E-state index in [0.29, 0.717) is 10.8 Å². The highest BCUT2D eigenvalue weighted by atomic mass is 35.5. The van der Waals surface area contributed by atoms with Crippen LogP contribution in [0.5, 0.6) is 5.75 Å². The normalized spacial score (nSPS) is 15.1. The number of hydrazine groups is 1. The van der Waals surface area contributed by atoms with Crippen molar-refractivity contribution in [3.05, 3.63) is 28.3 Å². The maximum Gasteiger partial charge on any atom is 0.276 e. The van der Waals surface area contributed by atoms with Crippen LogP contribution in [0.1, 0.15) is 43.2 Å². The van der Waals surface area contributed by atoms with Gasteiger partial charge in [-0.25, -0.2) is 0 Å². The highest BCUT2D eigenvalue weighted by Gasteiger charge is 2.21. The van der Waals surface area contributed by atoms with Gasteiger partial charge in [-0.05, 0) is 49.9 Å². The van der Waals surface area contributed by atoms with Gasteiger partial charge in [0.2, 0.25) is 5.91 Å². The van der Waals surface area contributed by atoms with Crippen LogP contribution in [-0.4, -0.2) is 18.4 Å². The summed E-state index contributed by atoms with van der Waals surface area (Å²) in [7, 11) is 0. The van der Waals surface area contributed by atoms with E-state index in [-0.39, 0.29) is 24.3 Å². The smallest absolute Gasteiger partial charge is 0.276 e. The molecule has 5 nitrogen and oxygen atoms in total. The van der Waals surface area contributed by atoms with Crippen LogP contribution >= 0.6 is 11.6 Å². The van der Waals surface area contributed by atoms with E-state index < -0.39 is 0 Å². The summed E-state index contributed by atoms with van der Waals surface area (Å²) in [6.45, 7) is 3.59. The van der Waals surface area contributed by atoms with Gasteiger partial charge in [0, 0.05) is 10.9 Å². The first-order valence-electron chi connectivity index (χ1n) is 7.95. The van der Waals surface area contributed by atoms with Crippen molar-refractivity contribution in [1.29, 1.82) is 0 Å². The Morgan fingerprint density at radius 1 is 1.13 bits per heavy atom. The van der Waals surface area contributed by atoms with Crippen molar-refractivity contribution in [3.63, 3.8) is 0 Å². The highest BCUT2D eigenvalue weighted by molar-refractivity contribution is 6.30. The second-order valence-electron chi connectivity index (χ2n) is 6.03. The Morgan fingerprint density at radius 2 is 1.74 bits per heavy atom. The minimum atomic E-state index is -0.386. The molecule has 1 aliphatic carbocycles. The first-order valence-corrected chi connectivity index (χ1v) is 8.33. The number of carbonyl (C=O) groups excluding carboxylic acids is 2. The average molecular weight is 339 g/mol. The van der Waals surface area contributed by atoms with Crippen LogP contribution in [0.3, 0.4) is 0 Å². The van der Waals surface area contributed by atoms with Crippen molar-refractivity contribution in [2.45, 2.75) is 46.0 Å². The number of carbonyl (C=O) groups is 2. The molecule has 0 aromatic heterocycles. The topological polar surface area (TPSA) is 67.4 Å². The maximum absolute atomic E-state index is 11.9. The number of ether oxygens (including phenoxy) is 1. The second-order valence-corrected chi connectivity index (χ2v) is 6.47. The molecule has 23 heavy (non-hydrogen) atoms. The molecule has 0 spiro atoms. The standard InChI is InChI=1S/C17H23ClN2O3/c1-11-8-14(18)9-12(2)16(11)23-10-15(21)19-20-17(22)13-6-4-3-5-7-13/h8-9,13H,3-7,10H2,1-2H3,(H,19,21)(H,20,22). The Morgan fingerprint density at radius 3 is 2.35 bits per heavy atom. The number of benzene rings is 1. The van der Waals surface area contributed by atoms with Gasteiger partial charge in [-0.3, -0.25) is 20.4 Å². The zero-order chi connectivity index (χ0) is 16.8. The number of nitrogens with one attached hydrogen (secondary N) is 2. The number of aryl methyl sites for hydroxylation is 2. The third-order valence-electron chi connectivity index (χ3n) is 4.07. The molecule has 126 valence electrons. The molecular formula is C17H23ClN2O3. The lowest BCUT2D eigenvalue weighted by Crippen LogP contribution is -2.46. The first kappa shape index (κ1) is 17.6. The lowest BCUT2D eigenvalue weighted by Gasteiger charge is -2.20. The van der Waals surface area contributed by atoms with Gasteiger partial charge in [0.1, 0.15) is 5.75 Å². The molecule has 0 bridgehead atoms. The van der Waals surface area contributed by atoms with Crippen molar-refractivity contribution in [1.82, 2.24) is 10.9 Å². The molecule has 1 saturated carbocycles. The summed E-state index contributed by atoms with van der Waals surface area (Å²) in [5, 5.41) is 0.636. The molecule has 0 saturated heterocycles. The van der Waals surface area contributed by atoms with E-state index in [0.717, 1.165) is 36.8 Å². The fraction of sp³-hybridized carbons (Fsp3) is 0.529. The largest absolute Gasteiger partial charge is 0.483 e. The highest BCUT2D eigenvalue weighted by Crippen LogP contribution is 2.27. The fourth-order valence-corrected chi connectivity index (χ4v) is 3.22. The third-order valence-corrected chi connectivity index (χ3v) is 4.29. The SMILES string of the molecule is Cc1cc(Cl)cc(C)c1OCC(=O)NNC(=O)C1CCCCC1. The minimum absolute atomic E-state index is 0.00530. The van der Waals surface area contributed by atoms with E-state index in [1.807, 2.05) is 13.8 Å². The van der Waals surface area contributed by atoms with Gasteiger partial charge in [-0.1, -0.05) is 30.9 Å². The molecule has 1 fully saturated rings. The van der Waals surface area contributed by atoms with Gasteiger partial charge < -0.3 is 4.74 Å². The van der Waals surface area contributed by atoms with Gasteiger partial charge in [0.15, 0.2) is 6.61 Å². The number of halogens is 1. The van der Waals surface area contributed by atoms with Gasteiger partial charge in [-0.15, -0.1) is 0 Å². The molecule has 1 aromatic carbocycles. The molecule has 0 unspecified atom stereocenters. The van der Waals surface area contributed by atoms with Crippen LogP contribution in [0.2, 0.25) is 5.02 Å². The van der Waals surface area contributed by atoms with Crippen molar-refractivity contribution in [2.24, 2.45) is 5.92 Å². The Kier molecular flexibility index (Phi) is 6.28. The van der Waals surface area contributed by atoms with Crippen LogP contribution in [0.15, 0.2) is 12.1 Å². The minimum Gasteiger partial charge on any atom is -0.483 e. The molecule has 2 rings (SSSR count). The molecule has 0 heterocycles. The maximum atomic E-state index is 11.9. The molecule has 1 aromatic rings. The van der Waals surface area contributed by atoms with Crippen molar-refractivity contribution < 1.29 is 14.3 Å². The third kappa shape index (κ3) is 5.13. The van der Waals surface area contributed by atoms with Crippen LogP contribution < -0.4 is 15.6 Å². The Labute approximate surface area is 141 Å². The first-order chi connectivity index (χ1) is 11.0. The van der Waals surface area contributed by atoms with E-state index >= 15 is 0 Å². The summed E-state index contributed by atoms with van der Waals surface area (Å²) >= 11 is 5.96. The van der Waals surface area contributed by atoms with E-state index in [1.54, 1.807) is 12.1 Å². The summed E-state index contributed by atoms with van der Waals surface area (Å²) < 4.78 is 5.54. The van der Waals surface area contributed by atoms with Crippen molar-refractivity contribution in [2.75, 3.05) is 6.61 Å². The molecule has 0 radical (unpaired) electrons.